The van der Waals surface area contributed by atoms with Crippen LogP contribution in [0.4, 0.5) is 0 Å². The Morgan fingerprint density at radius 1 is 1.24 bits per heavy atom. The van der Waals surface area contributed by atoms with E-state index in [2.05, 4.69) is 47.2 Å². The number of benzene rings is 1. The molecule has 0 amide bonds. The zero-order valence-corrected chi connectivity index (χ0v) is 14.8. The topological polar surface area (TPSA) is 34.4 Å². The Morgan fingerprint density at radius 3 is 2.43 bits per heavy atom. The van der Waals surface area contributed by atoms with Crippen molar-refractivity contribution < 1.29 is 9.15 Å². The molecule has 1 N–H and O–H groups in total. The molecule has 1 unspecified atom stereocenters. The monoisotopic (exact) mass is 351 g/mol. The van der Waals surface area contributed by atoms with E-state index in [0.717, 1.165) is 28.3 Å². The molecule has 0 saturated heterocycles. The van der Waals surface area contributed by atoms with Gasteiger partial charge in [-0.3, -0.25) is 0 Å². The molecule has 2 aromatic rings. The Balaban J connectivity index is 2.50. The average Bonchev–Trinajstić information content (AvgIpc) is 2.70. The molecule has 21 heavy (non-hydrogen) atoms. The third-order valence-corrected chi connectivity index (χ3v) is 4.44. The predicted molar refractivity (Wildman–Crippen MR) is 89.1 cm³/mol. The summed E-state index contributed by atoms with van der Waals surface area (Å²) in [5, 5.41) is 3.55. The van der Waals surface area contributed by atoms with Gasteiger partial charge in [0.25, 0.3) is 0 Å². The highest BCUT2D eigenvalue weighted by atomic mass is 79.9. The van der Waals surface area contributed by atoms with Crippen LogP contribution in [0.3, 0.4) is 0 Å². The summed E-state index contributed by atoms with van der Waals surface area (Å²) in [6.07, 6.45) is 0. The van der Waals surface area contributed by atoms with Gasteiger partial charge in [0.05, 0.1) is 17.6 Å². The van der Waals surface area contributed by atoms with Crippen LogP contribution in [-0.2, 0) is 0 Å². The number of furan rings is 1. The highest BCUT2D eigenvalue weighted by Gasteiger charge is 2.22. The lowest BCUT2D eigenvalue weighted by atomic mass is 9.95. The summed E-state index contributed by atoms with van der Waals surface area (Å²) in [5.74, 6) is 2.80. The van der Waals surface area contributed by atoms with Crippen LogP contribution in [0.2, 0.25) is 0 Å². The van der Waals surface area contributed by atoms with Crippen molar-refractivity contribution in [1.29, 1.82) is 0 Å². The fourth-order valence-corrected chi connectivity index (χ4v) is 3.25. The predicted octanol–water partition coefficient (Wildman–Crippen LogP) is 4.67. The highest BCUT2D eigenvalue weighted by molar-refractivity contribution is 9.10. The molecule has 2 rings (SSSR count). The van der Waals surface area contributed by atoms with E-state index in [1.165, 1.54) is 16.7 Å². The van der Waals surface area contributed by atoms with Gasteiger partial charge in [0, 0.05) is 5.56 Å². The maximum absolute atomic E-state index is 5.79. The first-order valence-electron chi connectivity index (χ1n) is 7.12. The van der Waals surface area contributed by atoms with Gasteiger partial charge in [-0.2, -0.15) is 0 Å². The lowest BCUT2D eigenvalue weighted by Gasteiger charge is -2.20. The first-order chi connectivity index (χ1) is 9.99. The zero-order chi connectivity index (χ0) is 15.6. The van der Waals surface area contributed by atoms with Crippen LogP contribution in [0.1, 0.15) is 41.2 Å². The summed E-state index contributed by atoms with van der Waals surface area (Å²) in [6.45, 7) is 9.15. The molecular weight excluding hydrogens is 330 g/mol. The van der Waals surface area contributed by atoms with E-state index < -0.39 is 0 Å². The van der Waals surface area contributed by atoms with Crippen molar-refractivity contribution in [2.45, 2.75) is 33.7 Å². The van der Waals surface area contributed by atoms with Gasteiger partial charge < -0.3 is 14.5 Å². The second-order valence-corrected chi connectivity index (χ2v) is 5.99. The molecule has 0 aliphatic rings. The molecule has 4 heteroatoms. The van der Waals surface area contributed by atoms with E-state index in [-0.39, 0.29) is 6.04 Å². The van der Waals surface area contributed by atoms with Crippen LogP contribution in [-0.4, -0.2) is 13.7 Å². The number of halogens is 1. The van der Waals surface area contributed by atoms with Crippen molar-refractivity contribution in [3.63, 3.8) is 0 Å². The van der Waals surface area contributed by atoms with Gasteiger partial charge in [0.1, 0.15) is 17.3 Å². The van der Waals surface area contributed by atoms with Gasteiger partial charge in [0.2, 0.25) is 0 Å². The number of rotatable bonds is 5. The first-order valence-corrected chi connectivity index (χ1v) is 7.92. The lowest BCUT2D eigenvalue weighted by Crippen LogP contribution is -2.23. The van der Waals surface area contributed by atoms with Crippen LogP contribution in [0.15, 0.2) is 27.1 Å². The van der Waals surface area contributed by atoms with E-state index in [1.54, 1.807) is 7.11 Å². The van der Waals surface area contributed by atoms with Crippen LogP contribution < -0.4 is 10.1 Å². The molecule has 3 nitrogen and oxygen atoms in total. The van der Waals surface area contributed by atoms with Gasteiger partial charge in [-0.1, -0.05) is 13.0 Å². The third kappa shape index (κ3) is 3.16. The van der Waals surface area contributed by atoms with Gasteiger partial charge >= 0.3 is 0 Å². The average molecular weight is 352 g/mol. The quantitative estimate of drug-likeness (QED) is 0.849. The highest BCUT2D eigenvalue weighted by Crippen LogP contribution is 2.34. The minimum absolute atomic E-state index is 0.120. The fourth-order valence-electron chi connectivity index (χ4n) is 2.69. The standard InChI is InChI=1S/C17H22BrNO2/c1-6-19-17(16-10(2)11(3)21-12(16)4)13-7-8-15(20-5)14(18)9-13/h7-9,17,19H,6H2,1-5H3. The molecule has 0 fully saturated rings. The fraction of sp³-hybridized carbons (Fsp3) is 0.412. The van der Waals surface area contributed by atoms with Crippen molar-refractivity contribution in [3.05, 3.63) is 50.9 Å². The second kappa shape index (κ2) is 6.67. The number of aryl methyl sites for hydroxylation is 2. The molecule has 114 valence electrons. The van der Waals surface area contributed by atoms with Crippen LogP contribution in [0.5, 0.6) is 5.75 Å². The van der Waals surface area contributed by atoms with E-state index in [0.29, 0.717) is 0 Å². The molecule has 1 aromatic heterocycles. The number of ether oxygens (including phenoxy) is 1. The van der Waals surface area contributed by atoms with Crippen molar-refractivity contribution in [2.75, 3.05) is 13.7 Å². The summed E-state index contributed by atoms with van der Waals surface area (Å²) >= 11 is 3.57. The third-order valence-electron chi connectivity index (χ3n) is 3.82. The van der Waals surface area contributed by atoms with Gasteiger partial charge in [-0.05, 0) is 66.5 Å². The summed E-state index contributed by atoms with van der Waals surface area (Å²) in [4.78, 5) is 0. The van der Waals surface area contributed by atoms with Crippen molar-refractivity contribution >= 4 is 15.9 Å². The van der Waals surface area contributed by atoms with Crippen molar-refractivity contribution in [3.8, 4) is 5.75 Å². The minimum atomic E-state index is 0.120. The molecule has 1 aromatic carbocycles. The molecular formula is C17H22BrNO2. The summed E-state index contributed by atoms with van der Waals surface area (Å²) in [6, 6.07) is 6.31. The van der Waals surface area contributed by atoms with Gasteiger partial charge in [0.15, 0.2) is 0 Å². The molecule has 1 heterocycles. The van der Waals surface area contributed by atoms with E-state index in [1.807, 2.05) is 19.9 Å². The van der Waals surface area contributed by atoms with E-state index in [9.17, 15) is 0 Å². The summed E-state index contributed by atoms with van der Waals surface area (Å²) in [7, 11) is 1.68. The molecule has 0 aliphatic heterocycles. The largest absolute Gasteiger partial charge is 0.496 e. The normalized spacial score (nSPS) is 12.5. The number of nitrogens with one attached hydrogen (secondary N) is 1. The number of hydrogen-bond donors (Lipinski definition) is 1. The van der Waals surface area contributed by atoms with Gasteiger partial charge in [-0.15, -0.1) is 0 Å². The number of methoxy groups -OCH3 is 1. The number of hydrogen-bond acceptors (Lipinski definition) is 3. The maximum Gasteiger partial charge on any atom is 0.133 e. The van der Waals surface area contributed by atoms with Crippen LogP contribution >= 0.6 is 15.9 Å². The van der Waals surface area contributed by atoms with E-state index >= 15 is 0 Å². The smallest absolute Gasteiger partial charge is 0.133 e. The lowest BCUT2D eigenvalue weighted by molar-refractivity contribution is 0.411. The van der Waals surface area contributed by atoms with E-state index in [4.69, 9.17) is 9.15 Å². The minimum Gasteiger partial charge on any atom is -0.496 e. The first kappa shape index (κ1) is 16.1. The summed E-state index contributed by atoms with van der Waals surface area (Å²) < 4.78 is 12.1. The van der Waals surface area contributed by atoms with Gasteiger partial charge in [-0.25, -0.2) is 0 Å². The second-order valence-electron chi connectivity index (χ2n) is 5.14. The Kier molecular flexibility index (Phi) is 5.12. The molecule has 0 aliphatic carbocycles. The van der Waals surface area contributed by atoms with Crippen LogP contribution in [0, 0.1) is 20.8 Å². The van der Waals surface area contributed by atoms with Crippen LogP contribution in [0.25, 0.3) is 0 Å². The Bertz CT molecular complexity index is 634. The molecule has 1 atom stereocenters. The summed E-state index contributed by atoms with van der Waals surface area (Å²) in [5.41, 5.74) is 3.63. The van der Waals surface area contributed by atoms with Crippen molar-refractivity contribution in [2.24, 2.45) is 0 Å². The molecule has 0 saturated carbocycles. The Hall–Kier alpha value is -1.26. The maximum atomic E-state index is 5.79. The zero-order valence-electron chi connectivity index (χ0n) is 13.2. The molecule has 0 spiro atoms. The Morgan fingerprint density at radius 2 is 1.95 bits per heavy atom. The van der Waals surface area contributed by atoms with Crippen molar-refractivity contribution in [1.82, 2.24) is 5.32 Å². The SMILES string of the molecule is CCNC(c1ccc(OC)c(Br)c1)c1c(C)oc(C)c1C. The Labute approximate surface area is 134 Å². The molecule has 0 bridgehead atoms. The molecule has 0 radical (unpaired) electrons.